The van der Waals surface area contributed by atoms with Crippen LogP contribution in [-0.4, -0.2) is 30.0 Å². The fraction of sp³-hybridized carbons (Fsp3) is 0.600. The van der Waals surface area contributed by atoms with Crippen molar-refractivity contribution in [2.45, 2.75) is 45.4 Å². The number of halogens is 1. The molecule has 2 N–H and O–H groups in total. The summed E-state index contributed by atoms with van der Waals surface area (Å²) >= 11 is 0. The van der Waals surface area contributed by atoms with Crippen molar-refractivity contribution in [1.29, 1.82) is 0 Å². The smallest absolute Gasteiger partial charge is 0.123 e. The van der Waals surface area contributed by atoms with Gasteiger partial charge in [-0.05, 0) is 45.4 Å². The summed E-state index contributed by atoms with van der Waals surface area (Å²) in [6, 6.07) is 6.42. The first-order valence-electron chi connectivity index (χ1n) is 6.59. The second-order valence-corrected chi connectivity index (χ2v) is 5.76. The maximum absolute atomic E-state index is 12.8. The number of hydrogen-bond donors (Lipinski definition) is 2. The highest BCUT2D eigenvalue weighted by Crippen LogP contribution is 2.13. The fourth-order valence-electron chi connectivity index (χ4n) is 1.59. The fourth-order valence-corrected chi connectivity index (χ4v) is 1.59. The van der Waals surface area contributed by atoms with E-state index in [-0.39, 0.29) is 17.5 Å². The van der Waals surface area contributed by atoms with Crippen molar-refractivity contribution in [1.82, 2.24) is 5.32 Å². The molecule has 0 aliphatic rings. The molecule has 0 radical (unpaired) electrons. The summed E-state index contributed by atoms with van der Waals surface area (Å²) in [6.07, 6.45) is -0.554. The molecule has 0 spiro atoms. The van der Waals surface area contributed by atoms with Crippen LogP contribution in [0.4, 0.5) is 4.39 Å². The molecular formula is C15H24FNO2. The molecular weight excluding hydrogens is 245 g/mol. The van der Waals surface area contributed by atoms with Gasteiger partial charge in [0.15, 0.2) is 0 Å². The van der Waals surface area contributed by atoms with Gasteiger partial charge < -0.3 is 15.2 Å². The van der Waals surface area contributed by atoms with Crippen LogP contribution < -0.4 is 5.32 Å². The van der Waals surface area contributed by atoms with Crippen LogP contribution in [0.25, 0.3) is 0 Å². The number of aliphatic hydroxyl groups excluding tert-OH is 1. The third-order valence-corrected chi connectivity index (χ3v) is 2.74. The standard InChI is InChI=1S/C15H24FNO2/c1-11(12-5-7-13(16)8-6-12)17-9-14(18)10-19-15(2,3)4/h5-8,11,14,17-18H,9-10H2,1-4H3. The molecule has 0 saturated heterocycles. The molecule has 0 fully saturated rings. The summed E-state index contributed by atoms with van der Waals surface area (Å²) < 4.78 is 18.3. The van der Waals surface area contributed by atoms with Crippen molar-refractivity contribution >= 4 is 0 Å². The number of rotatable bonds is 6. The van der Waals surface area contributed by atoms with Crippen LogP contribution in [-0.2, 0) is 4.74 Å². The zero-order valence-electron chi connectivity index (χ0n) is 12.1. The average molecular weight is 269 g/mol. The van der Waals surface area contributed by atoms with Crippen LogP contribution in [0, 0.1) is 5.82 Å². The Morgan fingerprint density at radius 1 is 1.26 bits per heavy atom. The third-order valence-electron chi connectivity index (χ3n) is 2.74. The number of nitrogens with one attached hydrogen (secondary N) is 1. The van der Waals surface area contributed by atoms with Crippen molar-refractivity contribution in [2.75, 3.05) is 13.2 Å². The van der Waals surface area contributed by atoms with E-state index in [9.17, 15) is 9.50 Å². The summed E-state index contributed by atoms with van der Waals surface area (Å²) in [4.78, 5) is 0. The van der Waals surface area contributed by atoms with Gasteiger partial charge in [0.25, 0.3) is 0 Å². The highest BCUT2D eigenvalue weighted by molar-refractivity contribution is 5.19. The lowest BCUT2D eigenvalue weighted by atomic mass is 10.1. The van der Waals surface area contributed by atoms with E-state index in [1.807, 2.05) is 27.7 Å². The van der Waals surface area contributed by atoms with E-state index in [2.05, 4.69) is 5.32 Å². The Balaban J connectivity index is 2.33. The van der Waals surface area contributed by atoms with Crippen LogP contribution in [0.15, 0.2) is 24.3 Å². The molecule has 0 heterocycles. The first-order valence-corrected chi connectivity index (χ1v) is 6.59. The van der Waals surface area contributed by atoms with E-state index in [1.54, 1.807) is 12.1 Å². The van der Waals surface area contributed by atoms with Gasteiger partial charge in [0.1, 0.15) is 5.82 Å². The predicted octanol–water partition coefficient (Wildman–Crippen LogP) is 2.65. The minimum absolute atomic E-state index is 0.0601. The minimum atomic E-state index is -0.554. The van der Waals surface area contributed by atoms with Crippen LogP contribution >= 0.6 is 0 Å². The summed E-state index contributed by atoms with van der Waals surface area (Å²) in [5, 5.41) is 13.0. The van der Waals surface area contributed by atoms with Crippen molar-refractivity contribution < 1.29 is 14.2 Å². The molecule has 2 unspecified atom stereocenters. The molecule has 0 amide bonds. The number of aliphatic hydroxyl groups is 1. The minimum Gasteiger partial charge on any atom is -0.389 e. The van der Waals surface area contributed by atoms with E-state index in [1.165, 1.54) is 12.1 Å². The van der Waals surface area contributed by atoms with Gasteiger partial charge in [-0.2, -0.15) is 0 Å². The van der Waals surface area contributed by atoms with Gasteiger partial charge in [-0.15, -0.1) is 0 Å². The summed E-state index contributed by atoms with van der Waals surface area (Å²) in [7, 11) is 0. The Bertz CT molecular complexity index is 373. The van der Waals surface area contributed by atoms with E-state index < -0.39 is 6.10 Å². The zero-order valence-corrected chi connectivity index (χ0v) is 12.1. The van der Waals surface area contributed by atoms with Gasteiger partial charge >= 0.3 is 0 Å². The molecule has 1 aromatic carbocycles. The molecule has 4 heteroatoms. The quantitative estimate of drug-likeness (QED) is 0.834. The van der Waals surface area contributed by atoms with Crippen molar-refractivity contribution in [2.24, 2.45) is 0 Å². The van der Waals surface area contributed by atoms with Crippen LogP contribution in [0.3, 0.4) is 0 Å². The number of ether oxygens (including phenoxy) is 1. The molecule has 1 rings (SSSR count). The van der Waals surface area contributed by atoms with Crippen molar-refractivity contribution in [3.8, 4) is 0 Å². The second-order valence-electron chi connectivity index (χ2n) is 5.76. The Hall–Kier alpha value is -0.970. The first kappa shape index (κ1) is 16.1. The first-order chi connectivity index (χ1) is 8.78. The van der Waals surface area contributed by atoms with Gasteiger partial charge in [-0.25, -0.2) is 4.39 Å². The van der Waals surface area contributed by atoms with E-state index >= 15 is 0 Å². The monoisotopic (exact) mass is 269 g/mol. The van der Waals surface area contributed by atoms with Gasteiger partial charge in [0.2, 0.25) is 0 Å². The Morgan fingerprint density at radius 2 is 1.84 bits per heavy atom. The summed E-state index contributed by atoms with van der Waals surface area (Å²) in [6.45, 7) is 8.57. The molecule has 19 heavy (non-hydrogen) atoms. The lowest BCUT2D eigenvalue weighted by molar-refractivity contribution is -0.0482. The normalized spacial score (nSPS) is 15.3. The summed E-state index contributed by atoms with van der Waals surface area (Å²) in [5.41, 5.74) is 0.745. The lowest BCUT2D eigenvalue weighted by Crippen LogP contribution is -2.34. The summed E-state index contributed by atoms with van der Waals surface area (Å²) in [5.74, 6) is -0.241. The van der Waals surface area contributed by atoms with Gasteiger partial charge in [-0.3, -0.25) is 0 Å². The lowest BCUT2D eigenvalue weighted by Gasteiger charge is -2.23. The Labute approximate surface area is 114 Å². The molecule has 0 aromatic heterocycles. The third kappa shape index (κ3) is 6.66. The van der Waals surface area contributed by atoms with Crippen LogP contribution in [0.1, 0.15) is 39.3 Å². The SMILES string of the molecule is CC(NCC(O)COC(C)(C)C)c1ccc(F)cc1. The van der Waals surface area contributed by atoms with Gasteiger partial charge in [-0.1, -0.05) is 12.1 Å². The largest absolute Gasteiger partial charge is 0.389 e. The maximum Gasteiger partial charge on any atom is 0.123 e. The average Bonchev–Trinajstić information content (AvgIpc) is 2.33. The highest BCUT2D eigenvalue weighted by Gasteiger charge is 2.14. The van der Waals surface area contributed by atoms with E-state index in [0.29, 0.717) is 13.2 Å². The van der Waals surface area contributed by atoms with Gasteiger partial charge in [0.05, 0.1) is 18.3 Å². The number of hydrogen-bond acceptors (Lipinski definition) is 3. The van der Waals surface area contributed by atoms with Gasteiger partial charge in [0, 0.05) is 12.6 Å². The Morgan fingerprint density at radius 3 is 2.37 bits per heavy atom. The molecule has 0 aliphatic heterocycles. The second kappa shape index (κ2) is 6.98. The number of benzene rings is 1. The van der Waals surface area contributed by atoms with E-state index in [4.69, 9.17) is 4.74 Å². The predicted molar refractivity (Wildman–Crippen MR) is 74.5 cm³/mol. The molecule has 0 saturated carbocycles. The van der Waals surface area contributed by atoms with E-state index in [0.717, 1.165) is 5.56 Å². The van der Waals surface area contributed by atoms with Crippen molar-refractivity contribution in [3.63, 3.8) is 0 Å². The molecule has 3 nitrogen and oxygen atoms in total. The van der Waals surface area contributed by atoms with Crippen LogP contribution in [0.2, 0.25) is 0 Å². The molecule has 1 aromatic rings. The molecule has 108 valence electrons. The Kier molecular flexibility index (Phi) is 5.91. The molecule has 0 bridgehead atoms. The maximum atomic E-state index is 12.8. The molecule has 2 atom stereocenters. The highest BCUT2D eigenvalue weighted by atomic mass is 19.1. The van der Waals surface area contributed by atoms with Crippen LogP contribution in [0.5, 0.6) is 0 Å². The zero-order chi connectivity index (χ0) is 14.5. The topological polar surface area (TPSA) is 41.5 Å². The molecule has 0 aliphatic carbocycles. The van der Waals surface area contributed by atoms with Crippen molar-refractivity contribution in [3.05, 3.63) is 35.6 Å².